The number of allylic oxidation sites excluding steroid dienone is 3. The number of hydrogen-bond donors (Lipinski definition) is 0. The molecule has 120 valence electrons. The van der Waals surface area contributed by atoms with E-state index in [2.05, 4.69) is 31.4 Å². The Morgan fingerprint density at radius 1 is 1.17 bits per heavy atom. The minimum Gasteiger partial charge on any atom is -0.316 e. The fraction of sp³-hybridized carbons (Fsp3) is 0.316. The monoisotopic (exact) mass is 311 g/mol. The molecule has 23 heavy (non-hydrogen) atoms. The topological polar surface area (TPSA) is 21.1 Å². The molecule has 0 aliphatic carbocycles. The molecule has 0 N–H and O–H groups in total. The number of rotatable bonds is 5. The minimum atomic E-state index is -0.235. The van der Waals surface area contributed by atoms with Crippen molar-refractivity contribution in [1.82, 2.24) is 9.55 Å². The van der Waals surface area contributed by atoms with Crippen LogP contribution in [0.4, 0.5) is 10.3 Å². The standard InChI is InChI=1S/C19H22FN3/c1-4-5-6-11-22-14(2)12-15(3)23-13-18(21-19(22)23)16-7-9-17(20)10-8-16/h7-10,12-13H,3-6,11H2,1-2H3. The third-order valence-electron chi connectivity index (χ3n) is 4.16. The first-order chi connectivity index (χ1) is 11.1. The quantitative estimate of drug-likeness (QED) is 0.718. The first kappa shape index (κ1) is 15.5. The summed E-state index contributed by atoms with van der Waals surface area (Å²) in [4.78, 5) is 7.01. The Kier molecular flexibility index (Phi) is 4.33. The van der Waals surface area contributed by atoms with Gasteiger partial charge in [0.25, 0.3) is 0 Å². The summed E-state index contributed by atoms with van der Waals surface area (Å²) in [5, 5.41) is 0. The summed E-state index contributed by atoms with van der Waals surface area (Å²) in [6.45, 7) is 9.36. The molecule has 0 amide bonds. The van der Waals surface area contributed by atoms with Crippen LogP contribution in [0.5, 0.6) is 0 Å². The Morgan fingerprint density at radius 3 is 2.61 bits per heavy atom. The van der Waals surface area contributed by atoms with Gasteiger partial charge < -0.3 is 4.90 Å². The molecule has 2 heterocycles. The van der Waals surface area contributed by atoms with Gasteiger partial charge in [-0.2, -0.15) is 0 Å². The molecule has 2 aromatic rings. The van der Waals surface area contributed by atoms with Gasteiger partial charge in [-0.1, -0.05) is 26.3 Å². The highest BCUT2D eigenvalue weighted by atomic mass is 19.1. The molecule has 0 fully saturated rings. The molecule has 0 spiro atoms. The predicted octanol–water partition coefficient (Wildman–Crippen LogP) is 5.07. The fourth-order valence-corrected chi connectivity index (χ4v) is 2.87. The maximum Gasteiger partial charge on any atom is 0.215 e. The number of hydrogen-bond acceptors (Lipinski definition) is 2. The van der Waals surface area contributed by atoms with Gasteiger partial charge in [-0.05, 0) is 43.7 Å². The third kappa shape index (κ3) is 3.07. The van der Waals surface area contributed by atoms with Gasteiger partial charge in [0.2, 0.25) is 5.95 Å². The van der Waals surface area contributed by atoms with E-state index in [0.29, 0.717) is 0 Å². The zero-order valence-corrected chi connectivity index (χ0v) is 13.7. The number of nitrogens with zero attached hydrogens (tertiary/aromatic N) is 3. The molecule has 1 aliphatic heterocycles. The molecule has 4 heteroatoms. The average molecular weight is 311 g/mol. The first-order valence-corrected chi connectivity index (χ1v) is 8.10. The second-order valence-electron chi connectivity index (χ2n) is 5.94. The Morgan fingerprint density at radius 2 is 1.91 bits per heavy atom. The molecule has 1 aromatic carbocycles. The van der Waals surface area contributed by atoms with E-state index in [1.165, 1.54) is 25.0 Å². The molecule has 3 rings (SSSR count). The van der Waals surface area contributed by atoms with E-state index in [-0.39, 0.29) is 5.82 Å². The number of imidazole rings is 1. The van der Waals surface area contributed by atoms with Crippen molar-refractivity contribution in [2.75, 3.05) is 11.4 Å². The molecule has 0 unspecified atom stereocenters. The number of fused-ring (bicyclic) bond motifs is 1. The van der Waals surface area contributed by atoms with Crippen LogP contribution in [0.3, 0.4) is 0 Å². The summed E-state index contributed by atoms with van der Waals surface area (Å²) >= 11 is 0. The van der Waals surface area contributed by atoms with Crippen LogP contribution in [-0.4, -0.2) is 16.1 Å². The van der Waals surface area contributed by atoms with Crippen LogP contribution < -0.4 is 4.90 Å². The number of anilines is 1. The van der Waals surface area contributed by atoms with Crippen LogP contribution in [-0.2, 0) is 0 Å². The highest BCUT2D eigenvalue weighted by Crippen LogP contribution is 2.32. The van der Waals surface area contributed by atoms with Crippen LogP contribution in [0.2, 0.25) is 0 Å². The summed E-state index contributed by atoms with van der Waals surface area (Å²) in [6, 6.07) is 6.44. The average Bonchev–Trinajstić information content (AvgIpc) is 2.97. The highest BCUT2D eigenvalue weighted by Gasteiger charge is 2.22. The largest absolute Gasteiger partial charge is 0.316 e. The zero-order valence-electron chi connectivity index (χ0n) is 13.7. The molecule has 1 aromatic heterocycles. The third-order valence-corrected chi connectivity index (χ3v) is 4.16. The SMILES string of the molecule is C=C1C=C(C)N(CCCCC)c2nc(-c3ccc(F)cc3)cn21. The molecular weight excluding hydrogens is 289 g/mol. The van der Waals surface area contributed by atoms with Crippen molar-refractivity contribution in [2.24, 2.45) is 0 Å². The van der Waals surface area contributed by atoms with Gasteiger partial charge in [-0.25, -0.2) is 9.37 Å². The van der Waals surface area contributed by atoms with Crippen molar-refractivity contribution < 1.29 is 4.39 Å². The first-order valence-electron chi connectivity index (χ1n) is 8.10. The lowest BCUT2D eigenvalue weighted by molar-refractivity contribution is 0.628. The van der Waals surface area contributed by atoms with E-state index in [1.54, 1.807) is 12.1 Å². The van der Waals surface area contributed by atoms with Gasteiger partial charge in [-0.3, -0.25) is 4.57 Å². The van der Waals surface area contributed by atoms with Crippen LogP contribution >= 0.6 is 0 Å². The van der Waals surface area contributed by atoms with Crippen molar-refractivity contribution in [3.05, 3.63) is 54.6 Å². The molecule has 0 bridgehead atoms. The number of halogens is 1. The van der Waals surface area contributed by atoms with Crippen molar-refractivity contribution in [3.63, 3.8) is 0 Å². The lowest BCUT2D eigenvalue weighted by Crippen LogP contribution is -2.28. The van der Waals surface area contributed by atoms with Gasteiger partial charge in [0, 0.05) is 29.7 Å². The fourth-order valence-electron chi connectivity index (χ4n) is 2.87. The second-order valence-corrected chi connectivity index (χ2v) is 5.94. The number of aromatic nitrogens is 2. The lowest BCUT2D eigenvalue weighted by atomic mass is 10.2. The van der Waals surface area contributed by atoms with Crippen LogP contribution in [0.1, 0.15) is 33.1 Å². The van der Waals surface area contributed by atoms with Gasteiger partial charge in [0.1, 0.15) is 5.82 Å². The van der Waals surface area contributed by atoms with Crippen LogP contribution in [0.15, 0.2) is 48.8 Å². The van der Waals surface area contributed by atoms with Crippen LogP contribution in [0, 0.1) is 5.82 Å². The van der Waals surface area contributed by atoms with Gasteiger partial charge in [-0.15, -0.1) is 0 Å². The maximum absolute atomic E-state index is 13.1. The minimum absolute atomic E-state index is 0.235. The second kappa shape index (κ2) is 6.41. The maximum atomic E-state index is 13.1. The van der Waals surface area contributed by atoms with Crippen molar-refractivity contribution in [2.45, 2.75) is 33.1 Å². The van der Waals surface area contributed by atoms with E-state index >= 15 is 0 Å². The van der Waals surface area contributed by atoms with E-state index in [9.17, 15) is 4.39 Å². The van der Waals surface area contributed by atoms with E-state index < -0.39 is 0 Å². The lowest BCUT2D eigenvalue weighted by Gasteiger charge is -2.29. The summed E-state index contributed by atoms with van der Waals surface area (Å²) in [5.74, 6) is 0.659. The normalized spacial score (nSPS) is 14.0. The number of unbranched alkanes of at least 4 members (excludes halogenated alkanes) is 2. The van der Waals surface area contributed by atoms with E-state index in [0.717, 1.165) is 41.6 Å². The molecule has 0 saturated heterocycles. The molecule has 0 saturated carbocycles. The summed E-state index contributed by atoms with van der Waals surface area (Å²) < 4.78 is 15.1. The Labute approximate surface area is 136 Å². The Bertz CT molecular complexity index is 740. The zero-order chi connectivity index (χ0) is 16.4. The molecular formula is C19H22FN3. The van der Waals surface area contributed by atoms with E-state index in [1.807, 2.05) is 10.8 Å². The molecule has 3 nitrogen and oxygen atoms in total. The molecule has 0 atom stereocenters. The molecule has 0 radical (unpaired) electrons. The Hall–Kier alpha value is -2.36. The van der Waals surface area contributed by atoms with E-state index in [4.69, 9.17) is 4.98 Å². The van der Waals surface area contributed by atoms with Crippen molar-refractivity contribution in [1.29, 1.82) is 0 Å². The smallest absolute Gasteiger partial charge is 0.215 e. The molecule has 1 aliphatic rings. The highest BCUT2D eigenvalue weighted by molar-refractivity contribution is 5.72. The van der Waals surface area contributed by atoms with Crippen molar-refractivity contribution >= 4 is 11.6 Å². The van der Waals surface area contributed by atoms with Gasteiger partial charge >= 0.3 is 0 Å². The van der Waals surface area contributed by atoms with Crippen LogP contribution in [0.25, 0.3) is 17.0 Å². The summed E-state index contributed by atoms with van der Waals surface area (Å²) in [7, 11) is 0. The predicted molar refractivity (Wildman–Crippen MR) is 93.6 cm³/mol. The Balaban J connectivity index is 1.94. The summed E-state index contributed by atoms with van der Waals surface area (Å²) in [5.41, 5.74) is 3.82. The summed E-state index contributed by atoms with van der Waals surface area (Å²) in [6.07, 6.45) is 7.58. The van der Waals surface area contributed by atoms with Gasteiger partial charge in [0.15, 0.2) is 0 Å². The van der Waals surface area contributed by atoms with Gasteiger partial charge in [0.05, 0.1) is 5.69 Å². The number of benzene rings is 1. The van der Waals surface area contributed by atoms with Crippen molar-refractivity contribution in [3.8, 4) is 11.3 Å².